The molecule has 0 aliphatic heterocycles. The van der Waals surface area contributed by atoms with E-state index < -0.39 is 0 Å². The number of hydrogen-bond donors (Lipinski definition) is 1. The third-order valence-electron chi connectivity index (χ3n) is 4.65. The third-order valence-corrected chi connectivity index (χ3v) is 4.65. The zero-order valence-corrected chi connectivity index (χ0v) is 15.6. The van der Waals surface area contributed by atoms with Gasteiger partial charge in [-0.2, -0.15) is 0 Å². The summed E-state index contributed by atoms with van der Waals surface area (Å²) in [4.78, 5) is 0. The van der Waals surface area contributed by atoms with Crippen molar-refractivity contribution in [3.63, 3.8) is 0 Å². The van der Waals surface area contributed by atoms with Gasteiger partial charge in [0.2, 0.25) is 0 Å². The van der Waals surface area contributed by atoms with Crippen LogP contribution in [0.15, 0.2) is 72.8 Å². The lowest BCUT2D eigenvalue weighted by Crippen LogP contribution is -2.15. The van der Waals surface area contributed by atoms with Crippen LogP contribution in [0.3, 0.4) is 0 Å². The predicted molar refractivity (Wildman–Crippen MR) is 109 cm³/mol. The Morgan fingerprint density at radius 2 is 1.46 bits per heavy atom. The van der Waals surface area contributed by atoms with Gasteiger partial charge in [0, 0.05) is 5.92 Å². The van der Waals surface area contributed by atoms with E-state index in [1.807, 2.05) is 30.3 Å². The number of ether oxygens (including phenoxy) is 1. The minimum absolute atomic E-state index is 0.319. The highest BCUT2D eigenvalue weighted by Crippen LogP contribution is 2.24. The average molecular weight is 345 g/mol. The van der Waals surface area contributed by atoms with E-state index in [2.05, 4.69) is 56.3 Å². The minimum Gasteiger partial charge on any atom is -0.489 e. The molecule has 2 N–H and O–H groups in total. The van der Waals surface area contributed by atoms with Crippen molar-refractivity contribution in [2.45, 2.75) is 32.8 Å². The van der Waals surface area contributed by atoms with E-state index in [1.54, 1.807) is 0 Å². The Bertz CT molecular complexity index is 804. The third kappa shape index (κ3) is 4.96. The first-order valence-corrected chi connectivity index (χ1v) is 9.18. The van der Waals surface area contributed by atoms with Gasteiger partial charge in [-0.3, -0.25) is 0 Å². The van der Waals surface area contributed by atoms with E-state index in [9.17, 15) is 0 Å². The molecule has 1 unspecified atom stereocenters. The fourth-order valence-corrected chi connectivity index (χ4v) is 3.39. The van der Waals surface area contributed by atoms with Crippen molar-refractivity contribution < 1.29 is 4.74 Å². The van der Waals surface area contributed by atoms with Crippen molar-refractivity contribution in [1.82, 2.24) is 0 Å². The largest absolute Gasteiger partial charge is 0.489 e. The first kappa shape index (κ1) is 18.2. The normalized spacial score (nSPS) is 12.0. The van der Waals surface area contributed by atoms with Crippen molar-refractivity contribution in [3.8, 4) is 5.75 Å². The number of rotatable bonds is 7. The number of benzene rings is 3. The molecule has 0 saturated heterocycles. The Kier molecular flexibility index (Phi) is 6.08. The molecule has 0 aliphatic carbocycles. The van der Waals surface area contributed by atoms with Crippen molar-refractivity contribution in [2.75, 3.05) is 6.54 Å². The second kappa shape index (κ2) is 8.68. The fraction of sp³-hybridized carbons (Fsp3) is 0.250. The number of hydrogen-bond acceptors (Lipinski definition) is 2. The quantitative estimate of drug-likeness (QED) is 0.641. The van der Waals surface area contributed by atoms with Crippen molar-refractivity contribution in [3.05, 3.63) is 101 Å². The van der Waals surface area contributed by atoms with Gasteiger partial charge >= 0.3 is 0 Å². The van der Waals surface area contributed by atoms with Crippen molar-refractivity contribution in [2.24, 2.45) is 5.73 Å². The molecule has 0 bridgehead atoms. The summed E-state index contributed by atoms with van der Waals surface area (Å²) in [6.45, 7) is 5.51. The van der Waals surface area contributed by atoms with E-state index in [0.29, 0.717) is 19.1 Å². The molecule has 3 rings (SSSR count). The summed E-state index contributed by atoms with van der Waals surface area (Å²) in [5, 5.41) is 0. The molecule has 1 atom stereocenters. The standard InChI is InChI=1S/C24H27NO/c1-18-12-19(2)14-21(13-18)15-23(16-25)22-8-10-24(11-9-22)26-17-20-6-4-3-5-7-20/h3-14,23H,15-17,25H2,1-2H3. The van der Waals surface area contributed by atoms with Crippen molar-refractivity contribution in [1.29, 1.82) is 0 Å². The van der Waals surface area contributed by atoms with Crippen LogP contribution in [0.4, 0.5) is 0 Å². The molecule has 26 heavy (non-hydrogen) atoms. The van der Waals surface area contributed by atoms with Gasteiger partial charge in [-0.15, -0.1) is 0 Å². The molecular weight excluding hydrogens is 318 g/mol. The van der Waals surface area contributed by atoms with Gasteiger partial charge < -0.3 is 10.5 Å². The lowest BCUT2D eigenvalue weighted by Gasteiger charge is -2.17. The molecule has 0 aromatic heterocycles. The maximum absolute atomic E-state index is 6.07. The van der Waals surface area contributed by atoms with Crippen LogP contribution in [-0.4, -0.2) is 6.54 Å². The van der Waals surface area contributed by atoms with E-state index in [0.717, 1.165) is 12.2 Å². The van der Waals surface area contributed by atoms with Crippen LogP contribution >= 0.6 is 0 Å². The van der Waals surface area contributed by atoms with Gasteiger partial charge in [0.05, 0.1) is 0 Å². The summed E-state index contributed by atoms with van der Waals surface area (Å²) in [6.07, 6.45) is 0.962. The summed E-state index contributed by atoms with van der Waals surface area (Å²) in [5.41, 5.74) is 12.5. The van der Waals surface area contributed by atoms with E-state index in [4.69, 9.17) is 10.5 Å². The molecule has 134 valence electrons. The first-order chi connectivity index (χ1) is 12.6. The molecule has 3 aromatic carbocycles. The van der Waals surface area contributed by atoms with E-state index in [1.165, 1.54) is 27.8 Å². The molecule has 0 saturated carbocycles. The molecule has 0 radical (unpaired) electrons. The highest BCUT2D eigenvalue weighted by Gasteiger charge is 2.11. The van der Waals surface area contributed by atoms with Crippen LogP contribution in [-0.2, 0) is 13.0 Å². The molecule has 0 amide bonds. The minimum atomic E-state index is 0.319. The van der Waals surface area contributed by atoms with Gasteiger partial charge in [-0.1, -0.05) is 71.8 Å². The molecule has 0 fully saturated rings. The van der Waals surface area contributed by atoms with E-state index in [-0.39, 0.29) is 0 Å². The Balaban J connectivity index is 1.65. The Morgan fingerprint density at radius 3 is 2.08 bits per heavy atom. The molecule has 2 heteroatoms. The number of aryl methyl sites for hydroxylation is 2. The number of nitrogens with two attached hydrogens (primary N) is 1. The fourth-order valence-electron chi connectivity index (χ4n) is 3.39. The second-order valence-electron chi connectivity index (χ2n) is 6.98. The lowest BCUT2D eigenvalue weighted by atomic mass is 9.91. The van der Waals surface area contributed by atoms with Crippen LogP contribution in [0.5, 0.6) is 5.75 Å². The van der Waals surface area contributed by atoms with Crippen LogP contribution in [0.2, 0.25) is 0 Å². The molecule has 0 heterocycles. The van der Waals surface area contributed by atoms with Gasteiger partial charge in [-0.05, 0) is 55.6 Å². The SMILES string of the molecule is Cc1cc(C)cc(CC(CN)c2ccc(OCc3ccccc3)cc2)c1. The summed E-state index contributed by atoms with van der Waals surface area (Å²) in [5.74, 6) is 1.21. The zero-order valence-electron chi connectivity index (χ0n) is 15.6. The topological polar surface area (TPSA) is 35.2 Å². The Hall–Kier alpha value is -2.58. The summed E-state index contributed by atoms with van der Waals surface area (Å²) >= 11 is 0. The van der Waals surface area contributed by atoms with Crippen LogP contribution < -0.4 is 10.5 Å². The summed E-state index contributed by atoms with van der Waals surface area (Å²) in [7, 11) is 0. The second-order valence-corrected chi connectivity index (χ2v) is 6.98. The molecule has 3 aromatic rings. The maximum atomic E-state index is 6.07. The molecule has 0 spiro atoms. The van der Waals surface area contributed by atoms with E-state index >= 15 is 0 Å². The molecule has 2 nitrogen and oxygen atoms in total. The van der Waals surface area contributed by atoms with Gasteiger partial charge in [0.1, 0.15) is 12.4 Å². The van der Waals surface area contributed by atoms with Crippen LogP contribution in [0, 0.1) is 13.8 Å². The van der Waals surface area contributed by atoms with Crippen molar-refractivity contribution >= 4 is 0 Å². The van der Waals surface area contributed by atoms with Crippen LogP contribution in [0.1, 0.15) is 33.7 Å². The Morgan fingerprint density at radius 1 is 0.808 bits per heavy atom. The van der Waals surface area contributed by atoms with Gasteiger partial charge in [0.15, 0.2) is 0 Å². The zero-order chi connectivity index (χ0) is 18.4. The Labute approximate surface area is 156 Å². The smallest absolute Gasteiger partial charge is 0.119 e. The van der Waals surface area contributed by atoms with Gasteiger partial charge in [0.25, 0.3) is 0 Å². The monoisotopic (exact) mass is 345 g/mol. The maximum Gasteiger partial charge on any atom is 0.119 e. The van der Waals surface area contributed by atoms with Crippen LogP contribution in [0.25, 0.3) is 0 Å². The first-order valence-electron chi connectivity index (χ1n) is 9.18. The highest BCUT2D eigenvalue weighted by molar-refractivity contribution is 5.33. The lowest BCUT2D eigenvalue weighted by molar-refractivity contribution is 0.306. The van der Waals surface area contributed by atoms with Gasteiger partial charge in [-0.25, -0.2) is 0 Å². The molecular formula is C24H27NO. The molecule has 0 aliphatic rings. The predicted octanol–water partition coefficient (Wildman–Crippen LogP) is 5.17. The average Bonchev–Trinajstić information content (AvgIpc) is 2.65. The highest BCUT2D eigenvalue weighted by atomic mass is 16.5. The summed E-state index contributed by atoms with van der Waals surface area (Å²) < 4.78 is 5.88. The summed E-state index contributed by atoms with van der Waals surface area (Å²) in [6, 6.07) is 25.3.